The molecular weight excluding hydrogens is 1390 g/mol. The van der Waals surface area contributed by atoms with E-state index in [4.69, 9.17) is 22.3 Å². The second-order valence-electron chi connectivity index (χ2n) is 25.9. The number of aliphatic hydroxyl groups excluding tert-OH is 1. The van der Waals surface area contributed by atoms with Gasteiger partial charge in [-0.1, -0.05) is 98.6 Å². The molecule has 14 amide bonds. The molecule has 1 rings (SSSR count). The molecule has 1 aromatic carbocycles. The number of aliphatic carboxylic acids is 5. The number of aliphatic hydroxyl groups is 1. The van der Waals surface area contributed by atoms with E-state index in [2.05, 4.69) is 63.8 Å². The third-order valence-corrected chi connectivity index (χ3v) is 16.3. The lowest BCUT2D eigenvalue weighted by atomic mass is 9.96. The fourth-order valence-corrected chi connectivity index (χ4v) is 9.91. The first-order chi connectivity index (χ1) is 49.0. The molecule has 0 heterocycles. The molecule has 0 aromatic heterocycles. The number of carbonyl (C=O) groups excluding carboxylic acids is 14. The van der Waals surface area contributed by atoms with Gasteiger partial charge in [-0.2, -0.15) is 0 Å². The standard InChI is InChI=1S/C65H101N15O25/c1-10-31(7)51(80-61(100)39(23-29(3)4)73-59(98)41(26-45(68)83)75-56(95)37(18-21-46(84)85)70-53(92)33(9)69-54(93)35(66)25-48(88)89)63(102)76-42(27-49(90)91)60(99)77-43(28-81)62(101)74-40(24-34-15-13-12-14-16-34)58(97)72-36(17-20-44(67)82)55(94)71-38(19-22-47(86)87)57(96)79-52(32(8)11-2)64(103)78-50(30(5)6)65(104)105/h12-16,29-33,35-43,50-52,81H,10-11,17-28,66H2,1-9H3,(H2,67,82)(H2,68,83)(H,69,93)(H,70,92)(H,71,94)(H,72,97)(H,73,98)(H,74,101)(H,75,95)(H,76,102)(H,77,99)(H,78,103)(H,79,96)(H,80,100)(H,84,85)(H,86,87)(H,88,89)(H,90,91)(H,104,105)/t31-,32+,33+,35+,36+,37+,38+,39+,40+,41+,42+,43+,50-,51+,52-/m0/s1. The van der Waals surface area contributed by atoms with Gasteiger partial charge in [0.05, 0.1) is 31.9 Å². The number of carboxylic acid groups (broad SMARTS) is 5. The van der Waals surface area contributed by atoms with Gasteiger partial charge in [-0.25, -0.2) is 4.79 Å². The van der Waals surface area contributed by atoms with Gasteiger partial charge in [-0.3, -0.25) is 86.3 Å². The van der Waals surface area contributed by atoms with E-state index >= 15 is 0 Å². The highest BCUT2D eigenvalue weighted by Gasteiger charge is 2.40. The Morgan fingerprint density at radius 2 is 0.733 bits per heavy atom. The van der Waals surface area contributed by atoms with Crippen LogP contribution in [0.3, 0.4) is 0 Å². The van der Waals surface area contributed by atoms with Crippen LogP contribution in [-0.2, 0) is 97.5 Å². The first-order valence-electron chi connectivity index (χ1n) is 33.7. The predicted molar refractivity (Wildman–Crippen MR) is 365 cm³/mol. The van der Waals surface area contributed by atoms with Crippen molar-refractivity contribution in [1.82, 2.24) is 63.8 Å². The minimum atomic E-state index is -2.13. The van der Waals surface area contributed by atoms with Crippen molar-refractivity contribution in [2.75, 3.05) is 6.61 Å². The van der Waals surface area contributed by atoms with Crippen LogP contribution in [-0.4, -0.2) is 228 Å². The van der Waals surface area contributed by atoms with E-state index in [1.165, 1.54) is 32.9 Å². The fourth-order valence-electron chi connectivity index (χ4n) is 9.91. The topological polar surface area (TPSA) is 668 Å². The van der Waals surface area contributed by atoms with Gasteiger partial charge in [0, 0.05) is 25.7 Å². The van der Waals surface area contributed by atoms with E-state index in [9.17, 15) is 117 Å². The zero-order valence-corrected chi connectivity index (χ0v) is 59.8. The molecule has 0 saturated heterocycles. The number of benzene rings is 1. The zero-order chi connectivity index (χ0) is 80.3. The van der Waals surface area contributed by atoms with Crippen molar-refractivity contribution in [3.05, 3.63) is 35.9 Å². The molecule has 0 unspecified atom stereocenters. The smallest absolute Gasteiger partial charge is 0.326 e. The molecule has 40 nitrogen and oxygen atoms in total. The fraction of sp³-hybridized carbons (Fsp3) is 0.615. The lowest BCUT2D eigenvalue weighted by Gasteiger charge is -2.30. The van der Waals surface area contributed by atoms with Gasteiger partial charge in [0.25, 0.3) is 0 Å². The Morgan fingerprint density at radius 3 is 1.15 bits per heavy atom. The highest BCUT2D eigenvalue weighted by molar-refractivity contribution is 6.01. The van der Waals surface area contributed by atoms with Crippen LogP contribution in [0.1, 0.15) is 145 Å². The summed E-state index contributed by atoms with van der Waals surface area (Å²) in [6, 6.07) is -14.9. The van der Waals surface area contributed by atoms with Crippen molar-refractivity contribution in [2.45, 2.75) is 224 Å². The molecule has 0 aliphatic heterocycles. The Labute approximate surface area is 603 Å². The number of rotatable bonds is 50. The molecule has 0 aliphatic rings. The molecule has 105 heavy (non-hydrogen) atoms. The van der Waals surface area contributed by atoms with Gasteiger partial charge in [-0.05, 0) is 61.8 Å². The molecule has 0 saturated carbocycles. The first kappa shape index (κ1) is 92.1. The molecule has 1 aromatic rings. The Kier molecular flexibility index (Phi) is 40.3. The van der Waals surface area contributed by atoms with Crippen molar-refractivity contribution in [3.8, 4) is 0 Å². The maximum Gasteiger partial charge on any atom is 0.326 e. The zero-order valence-electron chi connectivity index (χ0n) is 59.8. The summed E-state index contributed by atoms with van der Waals surface area (Å²) in [5, 5.41) is 85.8. The number of carboxylic acids is 5. The van der Waals surface area contributed by atoms with Crippen LogP contribution in [0.4, 0.5) is 0 Å². The van der Waals surface area contributed by atoms with Crippen LogP contribution in [0, 0.1) is 23.7 Å². The van der Waals surface area contributed by atoms with Gasteiger partial charge in [0.15, 0.2) is 0 Å². The number of primary amides is 2. The number of nitrogens with one attached hydrogen (secondary N) is 12. The van der Waals surface area contributed by atoms with Crippen LogP contribution < -0.4 is 81.0 Å². The van der Waals surface area contributed by atoms with E-state index in [0.29, 0.717) is 5.56 Å². The summed E-state index contributed by atoms with van der Waals surface area (Å²) in [6.07, 6.45) is -7.28. The molecule has 24 N–H and O–H groups in total. The van der Waals surface area contributed by atoms with Crippen LogP contribution >= 0.6 is 0 Å². The normalized spacial score (nSPS) is 15.4. The van der Waals surface area contributed by atoms with Gasteiger partial charge in [-0.15, -0.1) is 0 Å². The van der Waals surface area contributed by atoms with Gasteiger partial charge in [0.1, 0.15) is 72.5 Å². The Morgan fingerprint density at radius 1 is 0.371 bits per heavy atom. The Hall–Kier alpha value is -10.9. The molecule has 15 atom stereocenters. The van der Waals surface area contributed by atoms with Crippen molar-refractivity contribution >= 4 is 113 Å². The van der Waals surface area contributed by atoms with Crippen LogP contribution in [0.25, 0.3) is 0 Å². The molecule has 40 heteroatoms. The monoisotopic (exact) mass is 1490 g/mol. The second kappa shape index (κ2) is 45.9. The van der Waals surface area contributed by atoms with E-state index < -0.39 is 286 Å². The first-order valence-corrected chi connectivity index (χ1v) is 33.7. The average molecular weight is 1490 g/mol. The third-order valence-electron chi connectivity index (χ3n) is 16.3. The van der Waals surface area contributed by atoms with E-state index in [1.54, 1.807) is 52.8 Å². The highest BCUT2D eigenvalue weighted by Crippen LogP contribution is 2.16. The summed E-state index contributed by atoms with van der Waals surface area (Å²) < 4.78 is 0. The summed E-state index contributed by atoms with van der Waals surface area (Å²) in [5.74, 6) is -26.5. The lowest BCUT2D eigenvalue weighted by Crippen LogP contribution is -2.62. The molecule has 0 fully saturated rings. The maximum absolute atomic E-state index is 14.4. The quantitative estimate of drug-likeness (QED) is 0.0289. The number of hydrogen-bond donors (Lipinski definition) is 21. The molecule has 0 bridgehead atoms. The lowest BCUT2D eigenvalue weighted by molar-refractivity contribution is -0.144. The molecule has 0 spiro atoms. The highest BCUT2D eigenvalue weighted by atomic mass is 16.4. The van der Waals surface area contributed by atoms with Crippen molar-refractivity contribution in [2.24, 2.45) is 40.9 Å². The molecule has 586 valence electrons. The predicted octanol–water partition coefficient (Wildman–Crippen LogP) is -5.91. The van der Waals surface area contributed by atoms with Crippen LogP contribution in [0.5, 0.6) is 0 Å². The third kappa shape index (κ3) is 34.3. The molecular formula is C65H101N15O25. The van der Waals surface area contributed by atoms with Crippen molar-refractivity contribution in [3.63, 3.8) is 0 Å². The van der Waals surface area contributed by atoms with Gasteiger partial charge >= 0.3 is 29.8 Å². The summed E-state index contributed by atoms with van der Waals surface area (Å²) >= 11 is 0. The Balaban J connectivity index is 3.68. The molecule has 0 aliphatic carbocycles. The van der Waals surface area contributed by atoms with Crippen LogP contribution in [0.15, 0.2) is 30.3 Å². The summed E-state index contributed by atoms with van der Waals surface area (Å²) in [5.41, 5.74) is 16.7. The van der Waals surface area contributed by atoms with Crippen molar-refractivity contribution in [1.29, 1.82) is 0 Å². The van der Waals surface area contributed by atoms with Crippen LogP contribution in [0.2, 0.25) is 0 Å². The van der Waals surface area contributed by atoms with E-state index in [1.807, 2.05) is 0 Å². The number of amides is 14. The minimum absolute atomic E-state index is 0.0919. The number of nitrogens with two attached hydrogens (primary N) is 3. The summed E-state index contributed by atoms with van der Waals surface area (Å²) in [7, 11) is 0. The number of carbonyl (C=O) groups is 19. The number of hydrogen-bond acceptors (Lipinski definition) is 21. The van der Waals surface area contributed by atoms with Crippen molar-refractivity contribution < 1.29 is 122 Å². The van der Waals surface area contributed by atoms with Gasteiger partial charge in [0.2, 0.25) is 82.7 Å². The summed E-state index contributed by atoms with van der Waals surface area (Å²) in [6.45, 7) is 12.3. The minimum Gasteiger partial charge on any atom is -0.481 e. The summed E-state index contributed by atoms with van der Waals surface area (Å²) in [4.78, 5) is 250. The second-order valence-corrected chi connectivity index (χ2v) is 25.9. The maximum atomic E-state index is 14.4. The van der Waals surface area contributed by atoms with E-state index in [0.717, 1.165) is 6.92 Å². The van der Waals surface area contributed by atoms with E-state index in [-0.39, 0.29) is 19.3 Å². The SMILES string of the molecule is CC[C@@H](C)[C@H](NC(=O)[C@@H](CCC(=O)O)NC(=O)[C@@H](CCC(N)=O)NC(=O)[C@@H](Cc1ccccc1)NC(=O)[C@@H](CO)NC(=O)[C@@H](CC(=O)O)NC(=O)[C@H](NC(=O)[C@@H](CC(C)C)NC(=O)[C@@H](CC(N)=O)NC(=O)[C@@H](CCC(=O)O)NC(=O)[C@@H](C)NC(=O)[C@H](N)CC(=O)O)[C@@H](C)CC)C(=O)N[C@H](C(=O)O)C(C)C. The molecule has 0 radical (unpaired) electrons. The largest absolute Gasteiger partial charge is 0.481 e. The average Bonchev–Trinajstić information content (AvgIpc) is 0.859. The Bertz CT molecular complexity index is 3270. The van der Waals surface area contributed by atoms with Gasteiger partial charge < -0.3 is 112 Å².